The maximum atomic E-state index is 12.3. The number of nitrogens with zero attached hydrogens (tertiary/aromatic N) is 2. The summed E-state index contributed by atoms with van der Waals surface area (Å²) in [7, 11) is 0. The number of fused-ring (bicyclic) bond motifs is 1. The third-order valence-electron chi connectivity index (χ3n) is 3.49. The van der Waals surface area contributed by atoms with Crippen LogP contribution in [-0.4, -0.2) is 29.1 Å². The summed E-state index contributed by atoms with van der Waals surface area (Å²) in [5.74, 6) is -0.0520. The van der Waals surface area contributed by atoms with E-state index in [1.54, 1.807) is 11.8 Å². The number of halogens is 1. The SMILES string of the molecule is Cc1cc(C)c(NC(=O)CC2=CSC3=NCCN23)c(Cl)c1. The second-order valence-corrected chi connectivity index (χ2v) is 6.45. The van der Waals surface area contributed by atoms with Crippen molar-refractivity contribution in [3.05, 3.63) is 39.4 Å². The van der Waals surface area contributed by atoms with Crippen molar-refractivity contribution in [2.45, 2.75) is 20.3 Å². The topological polar surface area (TPSA) is 44.7 Å². The first kappa shape index (κ1) is 14.5. The fraction of sp³-hybridized carbons (Fsp3) is 0.333. The van der Waals surface area contributed by atoms with E-state index in [9.17, 15) is 4.79 Å². The number of nitrogens with one attached hydrogen (secondary N) is 1. The molecule has 1 aromatic carbocycles. The standard InChI is InChI=1S/C15H16ClN3OS/c1-9-5-10(2)14(12(16)6-9)18-13(20)7-11-8-21-15-17-3-4-19(11)15/h5-6,8H,3-4,7H2,1-2H3,(H,18,20). The molecule has 0 atom stereocenters. The van der Waals surface area contributed by atoms with E-state index in [0.29, 0.717) is 17.1 Å². The number of rotatable bonds is 3. The fourth-order valence-corrected chi connectivity index (χ4v) is 3.86. The van der Waals surface area contributed by atoms with Crippen molar-refractivity contribution in [3.63, 3.8) is 0 Å². The second kappa shape index (κ2) is 5.73. The molecule has 0 unspecified atom stereocenters. The first-order chi connectivity index (χ1) is 10.0. The molecule has 110 valence electrons. The van der Waals surface area contributed by atoms with E-state index in [2.05, 4.69) is 15.2 Å². The maximum Gasteiger partial charge on any atom is 0.230 e. The van der Waals surface area contributed by atoms with Gasteiger partial charge in [-0.1, -0.05) is 29.4 Å². The van der Waals surface area contributed by atoms with Crippen LogP contribution >= 0.6 is 23.4 Å². The smallest absolute Gasteiger partial charge is 0.230 e. The molecule has 2 heterocycles. The van der Waals surface area contributed by atoms with Crippen molar-refractivity contribution < 1.29 is 4.79 Å². The number of amidine groups is 1. The molecule has 21 heavy (non-hydrogen) atoms. The molecule has 6 heteroatoms. The third-order valence-corrected chi connectivity index (χ3v) is 4.73. The van der Waals surface area contributed by atoms with Crippen molar-refractivity contribution in [3.8, 4) is 0 Å². The average molecular weight is 322 g/mol. The number of hydrogen-bond acceptors (Lipinski definition) is 4. The molecular formula is C15H16ClN3OS. The van der Waals surface area contributed by atoms with Crippen LogP contribution in [0.4, 0.5) is 5.69 Å². The lowest BCUT2D eigenvalue weighted by Gasteiger charge is -2.17. The zero-order valence-electron chi connectivity index (χ0n) is 11.9. The van der Waals surface area contributed by atoms with Gasteiger partial charge in [-0.05, 0) is 36.4 Å². The molecule has 1 N–H and O–H groups in total. The van der Waals surface area contributed by atoms with E-state index < -0.39 is 0 Å². The van der Waals surface area contributed by atoms with Gasteiger partial charge in [0.1, 0.15) is 0 Å². The number of amides is 1. The maximum absolute atomic E-state index is 12.3. The summed E-state index contributed by atoms with van der Waals surface area (Å²) in [5, 5.41) is 6.51. The Morgan fingerprint density at radius 2 is 2.29 bits per heavy atom. The van der Waals surface area contributed by atoms with Gasteiger partial charge < -0.3 is 10.2 Å². The summed E-state index contributed by atoms with van der Waals surface area (Å²) >= 11 is 7.81. The summed E-state index contributed by atoms with van der Waals surface area (Å²) in [6, 6.07) is 3.87. The van der Waals surface area contributed by atoms with E-state index in [-0.39, 0.29) is 5.91 Å². The summed E-state index contributed by atoms with van der Waals surface area (Å²) in [4.78, 5) is 18.7. The van der Waals surface area contributed by atoms with Crippen LogP contribution in [0.5, 0.6) is 0 Å². The molecule has 0 aliphatic carbocycles. The number of carbonyl (C=O) groups is 1. The van der Waals surface area contributed by atoms with Gasteiger partial charge in [0.25, 0.3) is 0 Å². The van der Waals surface area contributed by atoms with Crippen LogP contribution in [0.3, 0.4) is 0 Å². The first-order valence-corrected chi connectivity index (χ1v) is 8.04. The van der Waals surface area contributed by atoms with Crippen molar-refractivity contribution in [1.82, 2.24) is 4.90 Å². The Morgan fingerprint density at radius 1 is 1.48 bits per heavy atom. The molecule has 1 aromatic rings. The van der Waals surface area contributed by atoms with Crippen molar-refractivity contribution >= 4 is 40.1 Å². The predicted molar refractivity (Wildman–Crippen MR) is 88.9 cm³/mol. The van der Waals surface area contributed by atoms with Gasteiger partial charge in [0.2, 0.25) is 5.91 Å². The van der Waals surface area contributed by atoms with E-state index in [1.807, 2.05) is 31.4 Å². The molecule has 3 rings (SSSR count). The summed E-state index contributed by atoms with van der Waals surface area (Å²) < 4.78 is 0. The minimum absolute atomic E-state index is 0.0520. The predicted octanol–water partition coefficient (Wildman–Crippen LogP) is 3.55. The highest BCUT2D eigenvalue weighted by atomic mass is 35.5. The minimum atomic E-state index is -0.0520. The van der Waals surface area contributed by atoms with Crippen molar-refractivity contribution in [2.75, 3.05) is 18.4 Å². The molecular weight excluding hydrogens is 306 g/mol. The molecule has 0 saturated heterocycles. The normalized spacial score (nSPS) is 16.6. The molecule has 2 aliphatic heterocycles. The van der Waals surface area contributed by atoms with Crippen LogP contribution in [0.25, 0.3) is 0 Å². The van der Waals surface area contributed by atoms with Gasteiger partial charge in [-0.25, -0.2) is 0 Å². The van der Waals surface area contributed by atoms with Gasteiger partial charge in [0.15, 0.2) is 5.17 Å². The zero-order valence-corrected chi connectivity index (χ0v) is 13.5. The highest BCUT2D eigenvalue weighted by Gasteiger charge is 2.27. The highest BCUT2D eigenvalue weighted by molar-refractivity contribution is 8.16. The Kier molecular flexibility index (Phi) is 3.95. The zero-order chi connectivity index (χ0) is 15.0. The highest BCUT2D eigenvalue weighted by Crippen LogP contribution is 2.32. The third kappa shape index (κ3) is 2.94. The molecule has 1 amide bonds. The second-order valence-electron chi connectivity index (χ2n) is 5.21. The van der Waals surface area contributed by atoms with Crippen LogP contribution in [0.15, 0.2) is 28.2 Å². The van der Waals surface area contributed by atoms with Gasteiger partial charge in [-0.3, -0.25) is 9.79 Å². The van der Waals surface area contributed by atoms with E-state index in [4.69, 9.17) is 11.6 Å². The number of benzene rings is 1. The van der Waals surface area contributed by atoms with Crippen LogP contribution in [0.1, 0.15) is 17.5 Å². The lowest BCUT2D eigenvalue weighted by molar-refractivity contribution is -0.115. The van der Waals surface area contributed by atoms with Gasteiger partial charge in [0.05, 0.1) is 23.7 Å². The average Bonchev–Trinajstić information content (AvgIpc) is 2.99. The Labute approximate surface area is 133 Å². The number of anilines is 1. The van der Waals surface area contributed by atoms with Crippen LogP contribution in [0.2, 0.25) is 5.02 Å². The van der Waals surface area contributed by atoms with Crippen molar-refractivity contribution in [2.24, 2.45) is 4.99 Å². The lowest BCUT2D eigenvalue weighted by atomic mass is 10.1. The Hall–Kier alpha value is -1.46. The van der Waals surface area contributed by atoms with Gasteiger partial charge in [-0.2, -0.15) is 0 Å². The van der Waals surface area contributed by atoms with Crippen molar-refractivity contribution in [1.29, 1.82) is 0 Å². The Morgan fingerprint density at radius 3 is 3.05 bits per heavy atom. The quantitative estimate of drug-likeness (QED) is 0.926. The van der Waals surface area contributed by atoms with Crippen LogP contribution in [0, 0.1) is 13.8 Å². The van der Waals surface area contributed by atoms with E-state index >= 15 is 0 Å². The fourth-order valence-electron chi connectivity index (χ4n) is 2.54. The van der Waals surface area contributed by atoms with E-state index in [0.717, 1.165) is 35.1 Å². The molecule has 0 fully saturated rings. The molecule has 0 bridgehead atoms. The molecule has 2 aliphatic rings. The number of thioether (sulfide) groups is 1. The summed E-state index contributed by atoms with van der Waals surface area (Å²) in [6.45, 7) is 5.61. The lowest BCUT2D eigenvalue weighted by Crippen LogP contribution is -2.24. The molecule has 0 radical (unpaired) electrons. The minimum Gasteiger partial charge on any atom is -0.324 e. The summed E-state index contributed by atoms with van der Waals surface area (Å²) in [5.41, 5.74) is 3.78. The Bertz CT molecular complexity index is 646. The largest absolute Gasteiger partial charge is 0.324 e. The molecule has 0 aromatic heterocycles. The number of aryl methyl sites for hydroxylation is 2. The van der Waals surface area contributed by atoms with Gasteiger partial charge in [-0.15, -0.1) is 0 Å². The molecule has 0 saturated carbocycles. The van der Waals surface area contributed by atoms with Crippen LogP contribution in [-0.2, 0) is 4.79 Å². The Balaban J connectivity index is 1.69. The van der Waals surface area contributed by atoms with Gasteiger partial charge in [0, 0.05) is 12.2 Å². The number of carbonyl (C=O) groups excluding carboxylic acids is 1. The number of aliphatic imine (C=N–C) groups is 1. The van der Waals surface area contributed by atoms with Crippen LogP contribution < -0.4 is 5.32 Å². The monoisotopic (exact) mass is 321 g/mol. The van der Waals surface area contributed by atoms with E-state index in [1.165, 1.54) is 0 Å². The molecule has 4 nitrogen and oxygen atoms in total. The number of hydrogen-bond donors (Lipinski definition) is 1. The first-order valence-electron chi connectivity index (χ1n) is 6.79. The molecule has 0 spiro atoms. The van der Waals surface area contributed by atoms with Gasteiger partial charge >= 0.3 is 0 Å². The summed E-state index contributed by atoms with van der Waals surface area (Å²) in [6.07, 6.45) is 0.343.